The van der Waals surface area contributed by atoms with Crippen molar-refractivity contribution in [1.82, 2.24) is 19.4 Å². The molecule has 152 valence electrons. The summed E-state index contributed by atoms with van der Waals surface area (Å²) in [6.45, 7) is 6.94. The fraction of sp³-hybridized carbons (Fsp3) is 0.667. The highest BCUT2D eigenvalue weighted by Gasteiger charge is 2.27. The van der Waals surface area contributed by atoms with Gasteiger partial charge in [-0.05, 0) is 45.1 Å². The summed E-state index contributed by atoms with van der Waals surface area (Å²) in [5.74, 6) is 0.484. The number of nitrogens with zero attached hydrogens (tertiary/aromatic N) is 4. The molecule has 0 unspecified atom stereocenters. The van der Waals surface area contributed by atoms with E-state index >= 15 is 0 Å². The van der Waals surface area contributed by atoms with E-state index in [0.29, 0.717) is 12.5 Å². The van der Waals surface area contributed by atoms with Gasteiger partial charge in [-0.2, -0.15) is 0 Å². The number of amides is 1. The standard InChI is InChI=1S/C21H31N5O2/c1-14-15(2)26(16-5-3-4-6-16)20-19(14)21(24-13-23-20)28-17-7-10-25(11-8-17)12-9-18(22)27/h13,16-17H,3-12H2,1-2H3,(H2,22,27). The van der Waals surface area contributed by atoms with Gasteiger partial charge >= 0.3 is 0 Å². The van der Waals surface area contributed by atoms with Crippen LogP contribution in [0.2, 0.25) is 0 Å². The number of aryl methyl sites for hydroxylation is 1. The van der Waals surface area contributed by atoms with E-state index in [0.717, 1.165) is 49.4 Å². The van der Waals surface area contributed by atoms with E-state index in [4.69, 9.17) is 10.5 Å². The number of piperidine rings is 1. The van der Waals surface area contributed by atoms with E-state index in [1.54, 1.807) is 6.33 Å². The van der Waals surface area contributed by atoms with Crippen LogP contribution in [0.25, 0.3) is 11.0 Å². The first-order valence-corrected chi connectivity index (χ1v) is 10.5. The average molecular weight is 386 g/mol. The number of rotatable bonds is 6. The van der Waals surface area contributed by atoms with Crippen molar-refractivity contribution in [2.45, 2.75) is 70.9 Å². The summed E-state index contributed by atoms with van der Waals surface area (Å²) in [5.41, 5.74) is 8.80. The molecule has 1 aliphatic carbocycles. The zero-order valence-corrected chi connectivity index (χ0v) is 17.0. The van der Waals surface area contributed by atoms with Gasteiger partial charge in [0.05, 0.1) is 5.39 Å². The molecule has 4 rings (SSSR count). The van der Waals surface area contributed by atoms with Crippen LogP contribution in [-0.2, 0) is 4.79 Å². The van der Waals surface area contributed by atoms with Gasteiger partial charge in [0.15, 0.2) is 0 Å². The molecule has 2 fully saturated rings. The Kier molecular flexibility index (Phi) is 5.53. The molecular weight excluding hydrogens is 354 g/mol. The minimum Gasteiger partial charge on any atom is -0.474 e. The number of aromatic nitrogens is 3. The number of carbonyl (C=O) groups excluding carboxylic acids is 1. The summed E-state index contributed by atoms with van der Waals surface area (Å²) in [5, 5.41) is 1.07. The molecule has 1 aliphatic heterocycles. The van der Waals surface area contributed by atoms with E-state index in [-0.39, 0.29) is 12.0 Å². The highest BCUT2D eigenvalue weighted by molar-refractivity contribution is 5.86. The number of hydrogen-bond acceptors (Lipinski definition) is 5. The van der Waals surface area contributed by atoms with Gasteiger partial charge in [0, 0.05) is 37.8 Å². The molecule has 1 saturated heterocycles. The number of nitrogens with two attached hydrogens (primary N) is 1. The fourth-order valence-corrected chi connectivity index (χ4v) is 4.77. The molecule has 0 aromatic carbocycles. The predicted molar refractivity (Wildman–Crippen MR) is 108 cm³/mol. The summed E-state index contributed by atoms with van der Waals surface area (Å²) in [4.78, 5) is 22.4. The lowest BCUT2D eigenvalue weighted by molar-refractivity contribution is -0.118. The third-order valence-corrected chi connectivity index (χ3v) is 6.48. The summed E-state index contributed by atoms with van der Waals surface area (Å²) in [6.07, 6.45) is 9.14. The molecule has 7 nitrogen and oxygen atoms in total. The van der Waals surface area contributed by atoms with Crippen LogP contribution in [-0.4, -0.2) is 51.1 Å². The fourth-order valence-electron chi connectivity index (χ4n) is 4.77. The van der Waals surface area contributed by atoms with Gasteiger partial charge in [0.2, 0.25) is 11.8 Å². The van der Waals surface area contributed by atoms with Crippen LogP contribution >= 0.6 is 0 Å². The van der Waals surface area contributed by atoms with Crippen molar-refractivity contribution in [3.05, 3.63) is 17.6 Å². The van der Waals surface area contributed by atoms with Crippen molar-refractivity contribution in [2.24, 2.45) is 5.73 Å². The molecule has 0 bridgehead atoms. The van der Waals surface area contributed by atoms with Crippen molar-refractivity contribution >= 4 is 16.9 Å². The van der Waals surface area contributed by atoms with Gasteiger partial charge in [-0.3, -0.25) is 4.79 Å². The lowest BCUT2D eigenvalue weighted by Gasteiger charge is -2.31. The summed E-state index contributed by atoms with van der Waals surface area (Å²) in [6, 6.07) is 0.549. The molecule has 2 aromatic rings. The van der Waals surface area contributed by atoms with Crippen LogP contribution in [0.3, 0.4) is 0 Å². The zero-order valence-electron chi connectivity index (χ0n) is 17.0. The Labute approximate surface area is 166 Å². The van der Waals surface area contributed by atoms with Gasteiger partial charge in [0.1, 0.15) is 18.1 Å². The molecule has 1 saturated carbocycles. The van der Waals surface area contributed by atoms with E-state index < -0.39 is 0 Å². The monoisotopic (exact) mass is 385 g/mol. The number of primary amides is 1. The van der Waals surface area contributed by atoms with Crippen molar-refractivity contribution in [2.75, 3.05) is 19.6 Å². The van der Waals surface area contributed by atoms with E-state index in [9.17, 15) is 4.79 Å². The van der Waals surface area contributed by atoms with Crippen molar-refractivity contribution in [1.29, 1.82) is 0 Å². The first-order valence-electron chi connectivity index (χ1n) is 10.5. The molecule has 1 amide bonds. The van der Waals surface area contributed by atoms with Gasteiger partial charge < -0.3 is 19.9 Å². The highest BCUT2D eigenvalue weighted by atomic mass is 16.5. The molecule has 28 heavy (non-hydrogen) atoms. The Hall–Kier alpha value is -2.15. The topological polar surface area (TPSA) is 86.3 Å². The smallest absolute Gasteiger partial charge is 0.226 e. The lowest BCUT2D eigenvalue weighted by atomic mass is 10.1. The van der Waals surface area contributed by atoms with Crippen LogP contribution in [0.5, 0.6) is 5.88 Å². The lowest BCUT2D eigenvalue weighted by Crippen LogP contribution is -2.39. The van der Waals surface area contributed by atoms with E-state index in [2.05, 4.69) is 33.3 Å². The second-order valence-electron chi connectivity index (χ2n) is 8.27. The van der Waals surface area contributed by atoms with Crippen LogP contribution < -0.4 is 10.5 Å². The van der Waals surface area contributed by atoms with Crippen LogP contribution in [0.15, 0.2) is 6.33 Å². The Morgan fingerprint density at radius 1 is 1.18 bits per heavy atom. The Morgan fingerprint density at radius 2 is 1.89 bits per heavy atom. The molecule has 2 aliphatic rings. The third-order valence-electron chi connectivity index (χ3n) is 6.48. The Bertz CT molecular complexity index is 848. The summed E-state index contributed by atoms with van der Waals surface area (Å²) < 4.78 is 8.79. The SMILES string of the molecule is Cc1c(C)n(C2CCCC2)c2ncnc(OC3CCN(CCC(N)=O)CC3)c12. The number of fused-ring (bicyclic) bond motifs is 1. The van der Waals surface area contributed by atoms with Crippen molar-refractivity contribution in [3.8, 4) is 5.88 Å². The molecule has 3 heterocycles. The average Bonchev–Trinajstić information content (AvgIpc) is 3.29. The van der Waals surface area contributed by atoms with Gasteiger partial charge in [-0.25, -0.2) is 9.97 Å². The van der Waals surface area contributed by atoms with Gasteiger partial charge in [0.25, 0.3) is 0 Å². The highest BCUT2D eigenvalue weighted by Crippen LogP contribution is 2.38. The Balaban J connectivity index is 1.51. The zero-order chi connectivity index (χ0) is 19.7. The maximum atomic E-state index is 11.0. The molecule has 7 heteroatoms. The number of ether oxygens (including phenoxy) is 1. The van der Waals surface area contributed by atoms with Gasteiger partial charge in [-0.1, -0.05) is 12.8 Å². The second-order valence-corrected chi connectivity index (χ2v) is 8.27. The predicted octanol–water partition coefficient (Wildman–Crippen LogP) is 2.88. The first kappa shape index (κ1) is 19.2. The molecule has 0 radical (unpaired) electrons. The van der Waals surface area contributed by atoms with Crippen LogP contribution in [0.4, 0.5) is 0 Å². The van der Waals surface area contributed by atoms with E-state index in [1.165, 1.54) is 36.9 Å². The third kappa shape index (κ3) is 3.72. The first-order chi connectivity index (χ1) is 13.5. The molecule has 2 aromatic heterocycles. The van der Waals surface area contributed by atoms with Crippen LogP contribution in [0.1, 0.15) is 62.2 Å². The summed E-state index contributed by atoms with van der Waals surface area (Å²) in [7, 11) is 0. The maximum absolute atomic E-state index is 11.0. The quantitative estimate of drug-likeness (QED) is 0.826. The largest absolute Gasteiger partial charge is 0.474 e. The number of likely N-dealkylation sites (tertiary alicyclic amines) is 1. The van der Waals surface area contributed by atoms with Crippen molar-refractivity contribution < 1.29 is 9.53 Å². The summed E-state index contributed by atoms with van der Waals surface area (Å²) >= 11 is 0. The molecule has 0 spiro atoms. The molecule has 2 N–H and O–H groups in total. The second kappa shape index (κ2) is 8.07. The molecule has 0 atom stereocenters. The number of carbonyl (C=O) groups is 1. The van der Waals surface area contributed by atoms with Crippen molar-refractivity contribution in [3.63, 3.8) is 0 Å². The Morgan fingerprint density at radius 3 is 2.57 bits per heavy atom. The minimum absolute atomic E-state index is 0.150. The van der Waals surface area contributed by atoms with E-state index in [1.807, 2.05) is 0 Å². The van der Waals surface area contributed by atoms with Gasteiger partial charge in [-0.15, -0.1) is 0 Å². The molecular formula is C21H31N5O2. The maximum Gasteiger partial charge on any atom is 0.226 e. The number of hydrogen-bond donors (Lipinski definition) is 1. The van der Waals surface area contributed by atoms with Crippen LogP contribution in [0, 0.1) is 13.8 Å². The minimum atomic E-state index is -0.237. The normalized spacial score (nSPS) is 19.5.